The summed E-state index contributed by atoms with van der Waals surface area (Å²) in [5.41, 5.74) is 29.2. The van der Waals surface area contributed by atoms with Crippen LogP contribution >= 0.6 is 11.8 Å². The first-order valence-corrected chi connectivity index (χ1v) is 28.7. The molecule has 0 bridgehead atoms. The third-order valence-electron chi connectivity index (χ3n) is 12.5. The van der Waals surface area contributed by atoms with Crippen molar-refractivity contribution in [2.45, 2.75) is 185 Å². The van der Waals surface area contributed by atoms with Gasteiger partial charge < -0.3 is 97.4 Å². The summed E-state index contributed by atoms with van der Waals surface area (Å²) in [6.45, 7) is 10.4. The van der Waals surface area contributed by atoms with Crippen molar-refractivity contribution < 1.29 is 63.0 Å². The van der Waals surface area contributed by atoms with Gasteiger partial charge in [0.1, 0.15) is 60.4 Å². The van der Waals surface area contributed by atoms with Crippen LogP contribution in [0.15, 0.2) is 0 Å². The Balaban J connectivity index is 3.85. The van der Waals surface area contributed by atoms with E-state index in [1.807, 2.05) is 6.92 Å². The van der Waals surface area contributed by atoms with Gasteiger partial charge in [-0.05, 0) is 128 Å². The quantitative estimate of drug-likeness (QED) is 0.0324. The molecule has 80 heavy (non-hydrogen) atoms. The molecule has 0 aromatic rings. The number of nitrogens with one attached hydrogen (secondary N) is 11. The maximum Gasteiger partial charge on any atom is 0.245 e. The van der Waals surface area contributed by atoms with Crippen LogP contribution in [-0.4, -0.2) is 199 Å². The van der Waals surface area contributed by atoms with Crippen molar-refractivity contribution in [2.75, 3.05) is 50.8 Å². The van der Waals surface area contributed by atoms with Gasteiger partial charge in [0.15, 0.2) is 0 Å². The highest BCUT2D eigenvalue weighted by atomic mass is 32.2. The Morgan fingerprint density at radius 1 is 0.562 bits per heavy atom. The number of hydrogen-bond acceptors (Lipinski definition) is 19. The van der Waals surface area contributed by atoms with Crippen LogP contribution in [-0.2, 0) is 52.7 Å². The Morgan fingerprint density at radius 2 is 1.00 bits per heavy atom. The molecule has 0 saturated carbocycles. The second-order valence-corrected chi connectivity index (χ2v) is 21.9. The topological polar surface area (TPSA) is 491 Å². The summed E-state index contributed by atoms with van der Waals surface area (Å²) in [4.78, 5) is 152. The normalized spacial score (nSPS) is 23.3. The van der Waals surface area contributed by atoms with Gasteiger partial charge in [-0.2, -0.15) is 11.8 Å². The van der Waals surface area contributed by atoms with Gasteiger partial charge in [0.25, 0.3) is 0 Å². The fraction of sp³-hybridized carbons (Fsp3) is 0.780. The third kappa shape index (κ3) is 26.7. The number of aliphatic hydroxyl groups excluding tert-OH is 2. The molecule has 11 amide bonds. The summed E-state index contributed by atoms with van der Waals surface area (Å²) < 4.78 is 0. The lowest BCUT2D eigenvalue weighted by Gasteiger charge is -2.29. The zero-order chi connectivity index (χ0) is 60.6. The zero-order valence-corrected chi connectivity index (χ0v) is 48.3. The Bertz CT molecular complexity index is 2020. The maximum atomic E-state index is 14.4. The molecule has 1 aliphatic rings. The molecular formula is C50H94N16O13S. The molecule has 1 heterocycles. The SMILES string of the molecule is CCSCCCC(=O)N[C@H](CCN)C(=O)N[C@H](C(=O)N[C@@H](CCN)C(=O)N[C@H]1CCNC(=O)[C@H]([C@@H](C)O)NC(=O)[C@H](CCN)NC(=O)[C@H](CCN)NC(=O)[C@H](CC(C)C)NC(=O)[C@@H](CC(C)C)NC(=O)[C@H](CCN)NC1=O)[C@@H](C)O. The predicted octanol–water partition coefficient (Wildman–Crippen LogP) is -6.51. The molecular weight excluding hydrogens is 1060 g/mol. The molecule has 29 nitrogen and oxygen atoms in total. The molecule has 0 aromatic carbocycles. The number of carbonyl (C=O) groups is 11. The number of aliphatic hydroxyl groups is 2. The first-order valence-electron chi connectivity index (χ1n) is 27.5. The van der Waals surface area contributed by atoms with Crippen LogP contribution in [0.3, 0.4) is 0 Å². The molecule has 0 spiro atoms. The molecule has 458 valence electrons. The highest BCUT2D eigenvalue weighted by Crippen LogP contribution is 2.12. The average molecular weight is 1160 g/mol. The summed E-state index contributed by atoms with van der Waals surface area (Å²) >= 11 is 1.64. The largest absolute Gasteiger partial charge is 0.391 e. The average Bonchev–Trinajstić information content (AvgIpc) is 3.38. The van der Waals surface area contributed by atoms with Crippen molar-refractivity contribution >= 4 is 76.7 Å². The van der Waals surface area contributed by atoms with E-state index >= 15 is 0 Å². The molecule has 23 N–H and O–H groups in total. The fourth-order valence-corrected chi connectivity index (χ4v) is 8.90. The van der Waals surface area contributed by atoms with Gasteiger partial charge in [0.05, 0.1) is 12.2 Å². The maximum absolute atomic E-state index is 14.4. The third-order valence-corrected chi connectivity index (χ3v) is 13.5. The van der Waals surface area contributed by atoms with E-state index in [9.17, 15) is 63.0 Å². The fourth-order valence-electron chi connectivity index (χ4n) is 8.26. The van der Waals surface area contributed by atoms with Crippen LogP contribution < -0.4 is 87.2 Å². The van der Waals surface area contributed by atoms with E-state index in [1.165, 1.54) is 13.8 Å². The Morgan fingerprint density at radius 3 is 1.43 bits per heavy atom. The van der Waals surface area contributed by atoms with Crippen molar-refractivity contribution in [1.29, 1.82) is 0 Å². The van der Waals surface area contributed by atoms with E-state index in [4.69, 9.17) is 28.7 Å². The van der Waals surface area contributed by atoms with Gasteiger partial charge in [-0.3, -0.25) is 52.7 Å². The summed E-state index contributed by atoms with van der Waals surface area (Å²) in [6, 6.07) is -14.5. The molecule has 1 fully saturated rings. The van der Waals surface area contributed by atoms with Crippen molar-refractivity contribution in [3.8, 4) is 0 Å². The van der Waals surface area contributed by atoms with E-state index in [0.29, 0.717) is 6.42 Å². The van der Waals surface area contributed by atoms with E-state index < -0.39 is 151 Å². The van der Waals surface area contributed by atoms with Gasteiger partial charge in [-0.25, -0.2) is 0 Å². The second-order valence-electron chi connectivity index (χ2n) is 20.5. The smallest absolute Gasteiger partial charge is 0.245 e. The number of rotatable bonds is 28. The molecule has 1 rings (SSSR count). The van der Waals surface area contributed by atoms with Crippen LogP contribution in [0.25, 0.3) is 0 Å². The van der Waals surface area contributed by atoms with Gasteiger partial charge in [-0.15, -0.1) is 0 Å². The molecule has 0 unspecified atom stereocenters. The summed E-state index contributed by atoms with van der Waals surface area (Å²) in [5, 5.41) is 49.4. The standard InChI is InChI=1S/C50H94N16O13S/c1-8-80-23-9-10-38(69)57-30(11-17-51)45(74)66-40(29(7)68)50(79)62-33(14-20-54)42(71)61-35-16-22-56-49(78)39(28(6)67)65-46(75)34(15-21-55)59-41(70)31(12-18-52)60-47(76)36(24-26(2)3)64-48(77)37(25-27(4)5)63-43(72)32(13-19-53)58-44(35)73/h26-37,39-40,67-68H,8-25,51-55H2,1-7H3,(H,56,78)(H,57,69)(H,58,73)(H,59,70)(H,60,76)(H,61,71)(H,62,79)(H,63,72)(H,64,77)(H,65,75)(H,66,74)/t28-,29-,30-,31+,32+,33+,34+,35+,36+,37-,39+,40+/m1/s1. The zero-order valence-electron chi connectivity index (χ0n) is 47.5. The number of hydrogen-bond donors (Lipinski definition) is 18. The van der Waals surface area contributed by atoms with E-state index in [1.54, 1.807) is 39.5 Å². The lowest BCUT2D eigenvalue weighted by Crippen LogP contribution is -2.62. The molecule has 0 radical (unpaired) electrons. The van der Waals surface area contributed by atoms with Crippen molar-refractivity contribution in [3.63, 3.8) is 0 Å². The highest BCUT2D eigenvalue weighted by molar-refractivity contribution is 7.99. The van der Waals surface area contributed by atoms with Crippen LogP contribution in [0.5, 0.6) is 0 Å². The highest BCUT2D eigenvalue weighted by Gasteiger charge is 2.37. The Labute approximate surface area is 473 Å². The molecule has 12 atom stereocenters. The van der Waals surface area contributed by atoms with Gasteiger partial charge in [0.2, 0.25) is 65.0 Å². The molecule has 0 aromatic heterocycles. The summed E-state index contributed by atoms with van der Waals surface area (Å²) in [7, 11) is 0. The molecule has 30 heteroatoms. The Hall–Kier alpha value is -5.76. The minimum absolute atomic E-state index is 0.0162. The van der Waals surface area contributed by atoms with Crippen molar-refractivity contribution in [3.05, 3.63) is 0 Å². The van der Waals surface area contributed by atoms with E-state index in [0.717, 1.165) is 11.5 Å². The van der Waals surface area contributed by atoms with Crippen LogP contribution in [0.1, 0.15) is 113 Å². The summed E-state index contributed by atoms with van der Waals surface area (Å²) in [5.74, 6) is -8.43. The Kier molecular flexibility index (Phi) is 35.1. The number of thioether (sulfide) groups is 1. The summed E-state index contributed by atoms with van der Waals surface area (Å²) in [6.07, 6.45) is -3.55. The molecule has 1 saturated heterocycles. The first kappa shape index (κ1) is 72.3. The van der Waals surface area contributed by atoms with Gasteiger partial charge >= 0.3 is 0 Å². The monoisotopic (exact) mass is 1160 g/mol. The number of amides is 11. The van der Waals surface area contributed by atoms with Gasteiger partial charge in [-0.1, -0.05) is 34.6 Å². The van der Waals surface area contributed by atoms with Crippen molar-refractivity contribution in [1.82, 2.24) is 58.5 Å². The van der Waals surface area contributed by atoms with Crippen LogP contribution in [0.2, 0.25) is 0 Å². The van der Waals surface area contributed by atoms with Crippen molar-refractivity contribution in [2.24, 2.45) is 40.5 Å². The lowest BCUT2D eigenvalue weighted by molar-refractivity contribution is -0.137. The lowest BCUT2D eigenvalue weighted by atomic mass is 9.99. The first-order chi connectivity index (χ1) is 37.8. The molecule has 0 aliphatic carbocycles. The van der Waals surface area contributed by atoms with Crippen LogP contribution in [0, 0.1) is 11.8 Å². The van der Waals surface area contributed by atoms with E-state index in [-0.39, 0.29) is 95.9 Å². The number of carbonyl (C=O) groups excluding carboxylic acids is 11. The minimum atomic E-state index is -1.69. The van der Waals surface area contributed by atoms with Gasteiger partial charge in [0, 0.05) is 13.0 Å². The second kappa shape index (κ2) is 38.8. The number of nitrogens with two attached hydrogens (primary N) is 5. The van der Waals surface area contributed by atoms with E-state index in [2.05, 4.69) is 58.5 Å². The molecule has 1 aliphatic heterocycles. The minimum Gasteiger partial charge on any atom is -0.391 e. The predicted molar refractivity (Wildman–Crippen MR) is 300 cm³/mol. The van der Waals surface area contributed by atoms with Crippen LogP contribution in [0.4, 0.5) is 0 Å².